The van der Waals surface area contributed by atoms with E-state index in [1.54, 1.807) is 6.26 Å². The van der Waals surface area contributed by atoms with Crippen molar-refractivity contribution < 1.29 is 9.00 Å². The third-order valence-electron chi connectivity index (χ3n) is 3.29. The van der Waals surface area contributed by atoms with E-state index in [-0.39, 0.29) is 11.9 Å². The Hall–Kier alpha value is -1.36. The fourth-order valence-electron chi connectivity index (χ4n) is 2.17. The highest BCUT2D eigenvalue weighted by Gasteiger charge is 2.14. The van der Waals surface area contributed by atoms with E-state index in [4.69, 9.17) is 0 Å². The molecule has 1 heterocycles. The molecule has 1 amide bonds. The highest BCUT2D eigenvalue weighted by Crippen LogP contribution is 2.22. The molecule has 104 valence electrons. The van der Waals surface area contributed by atoms with Crippen LogP contribution in [0, 0.1) is 0 Å². The molecule has 1 aromatic rings. The van der Waals surface area contributed by atoms with Gasteiger partial charge in [0.1, 0.15) is 0 Å². The van der Waals surface area contributed by atoms with Crippen LogP contribution in [0.2, 0.25) is 0 Å². The average molecular weight is 280 g/mol. The molecule has 0 fully saturated rings. The van der Waals surface area contributed by atoms with E-state index in [0.717, 1.165) is 25.1 Å². The highest BCUT2D eigenvalue weighted by atomic mass is 32.2. The summed E-state index contributed by atoms with van der Waals surface area (Å²) < 4.78 is 11.0. The first kappa shape index (κ1) is 14.1. The van der Waals surface area contributed by atoms with Gasteiger partial charge in [-0.05, 0) is 43.5 Å². The topological polar surface area (TPSA) is 58.2 Å². The van der Waals surface area contributed by atoms with E-state index in [1.165, 1.54) is 5.56 Å². The molecule has 4 nitrogen and oxygen atoms in total. The molecule has 0 bridgehead atoms. The molecule has 2 atom stereocenters. The van der Waals surface area contributed by atoms with Gasteiger partial charge in [0, 0.05) is 46.6 Å². The van der Waals surface area contributed by atoms with Crippen molar-refractivity contribution in [3.05, 3.63) is 29.3 Å². The second-order valence-corrected chi connectivity index (χ2v) is 6.54. The van der Waals surface area contributed by atoms with Crippen LogP contribution in [0.15, 0.2) is 18.2 Å². The summed E-state index contributed by atoms with van der Waals surface area (Å²) in [6.45, 7) is 2.89. The van der Waals surface area contributed by atoms with Gasteiger partial charge in [0.15, 0.2) is 0 Å². The molecule has 0 aliphatic carbocycles. The van der Waals surface area contributed by atoms with Crippen LogP contribution in [-0.4, -0.2) is 34.7 Å². The normalized spacial score (nSPS) is 16.3. The van der Waals surface area contributed by atoms with Crippen molar-refractivity contribution in [2.75, 3.05) is 23.9 Å². The van der Waals surface area contributed by atoms with E-state index in [0.29, 0.717) is 11.3 Å². The lowest BCUT2D eigenvalue weighted by atomic mass is 10.1. The van der Waals surface area contributed by atoms with Gasteiger partial charge in [0.2, 0.25) is 0 Å². The minimum absolute atomic E-state index is 0.0442. The fraction of sp³-hybridized carbons (Fsp3) is 0.500. The maximum Gasteiger partial charge on any atom is 0.251 e. The Balaban J connectivity index is 1.94. The van der Waals surface area contributed by atoms with Gasteiger partial charge in [-0.15, -0.1) is 0 Å². The molecule has 0 spiro atoms. The molecule has 0 saturated carbocycles. The first-order chi connectivity index (χ1) is 9.06. The van der Waals surface area contributed by atoms with Crippen LogP contribution in [0.5, 0.6) is 0 Å². The van der Waals surface area contributed by atoms with Crippen molar-refractivity contribution in [1.82, 2.24) is 5.32 Å². The van der Waals surface area contributed by atoms with E-state index in [9.17, 15) is 9.00 Å². The van der Waals surface area contributed by atoms with Gasteiger partial charge in [0.05, 0.1) is 0 Å². The zero-order valence-electron chi connectivity index (χ0n) is 11.4. The molecule has 0 aromatic heterocycles. The van der Waals surface area contributed by atoms with Crippen molar-refractivity contribution in [1.29, 1.82) is 0 Å². The van der Waals surface area contributed by atoms with Crippen molar-refractivity contribution >= 4 is 22.4 Å². The third-order valence-corrected chi connectivity index (χ3v) is 4.10. The molecule has 19 heavy (non-hydrogen) atoms. The zero-order chi connectivity index (χ0) is 13.8. The maximum absolute atomic E-state index is 12.1. The Morgan fingerprint density at radius 2 is 2.32 bits per heavy atom. The van der Waals surface area contributed by atoms with Crippen LogP contribution in [0.3, 0.4) is 0 Å². The first-order valence-electron chi connectivity index (χ1n) is 6.54. The second-order valence-electron chi connectivity index (χ2n) is 4.99. The Kier molecular flexibility index (Phi) is 4.58. The van der Waals surface area contributed by atoms with E-state index in [2.05, 4.69) is 10.6 Å². The van der Waals surface area contributed by atoms with Gasteiger partial charge >= 0.3 is 0 Å². The summed E-state index contributed by atoms with van der Waals surface area (Å²) in [5.74, 6) is 0.569. The predicted octanol–water partition coefficient (Wildman–Crippen LogP) is 1.54. The van der Waals surface area contributed by atoms with Crippen LogP contribution in [0.4, 0.5) is 5.69 Å². The number of fused-ring (bicyclic) bond motifs is 1. The number of benzene rings is 1. The summed E-state index contributed by atoms with van der Waals surface area (Å²) in [6.07, 6.45) is 3.39. The van der Waals surface area contributed by atoms with Crippen LogP contribution >= 0.6 is 0 Å². The quantitative estimate of drug-likeness (QED) is 0.860. The predicted molar refractivity (Wildman–Crippen MR) is 79.1 cm³/mol. The van der Waals surface area contributed by atoms with Gasteiger partial charge in [-0.2, -0.15) is 0 Å². The summed E-state index contributed by atoms with van der Waals surface area (Å²) in [5.41, 5.74) is 3.04. The van der Waals surface area contributed by atoms with Crippen molar-refractivity contribution in [3.63, 3.8) is 0 Å². The molecule has 1 aliphatic rings. The van der Waals surface area contributed by atoms with Gasteiger partial charge in [-0.3, -0.25) is 9.00 Å². The summed E-state index contributed by atoms with van der Waals surface area (Å²) in [6, 6.07) is 5.80. The van der Waals surface area contributed by atoms with Crippen molar-refractivity contribution in [2.24, 2.45) is 0 Å². The SMILES string of the molecule is CC(CCS(C)=O)NC(=O)c1ccc2c(c1)CCN2. The molecule has 2 rings (SSSR count). The van der Waals surface area contributed by atoms with Crippen LogP contribution < -0.4 is 10.6 Å². The number of rotatable bonds is 5. The molecule has 1 aliphatic heterocycles. The zero-order valence-corrected chi connectivity index (χ0v) is 12.2. The molecule has 0 saturated heterocycles. The standard InChI is InChI=1S/C14H20N2O2S/c1-10(6-8-19(2)18)16-14(17)12-3-4-13-11(9-12)5-7-15-13/h3-4,9-10,15H,5-8H2,1-2H3,(H,16,17). The fourth-order valence-corrected chi connectivity index (χ4v) is 2.85. The molecule has 2 N–H and O–H groups in total. The molecule has 5 heteroatoms. The highest BCUT2D eigenvalue weighted by molar-refractivity contribution is 7.84. The molecule has 1 aromatic carbocycles. The van der Waals surface area contributed by atoms with Crippen LogP contribution in [-0.2, 0) is 17.2 Å². The monoisotopic (exact) mass is 280 g/mol. The molecular weight excluding hydrogens is 260 g/mol. The minimum Gasteiger partial charge on any atom is -0.384 e. The van der Waals surface area contributed by atoms with Gasteiger partial charge in [-0.1, -0.05) is 0 Å². The molecule has 0 radical (unpaired) electrons. The Bertz CT molecular complexity index is 502. The Morgan fingerprint density at radius 3 is 3.05 bits per heavy atom. The lowest BCUT2D eigenvalue weighted by molar-refractivity contribution is 0.0939. The largest absolute Gasteiger partial charge is 0.384 e. The number of amides is 1. The Labute approximate surface area is 116 Å². The third kappa shape index (κ3) is 3.80. The van der Waals surface area contributed by atoms with E-state index >= 15 is 0 Å². The lowest BCUT2D eigenvalue weighted by Crippen LogP contribution is -2.33. The second kappa shape index (κ2) is 6.19. The number of carbonyl (C=O) groups is 1. The number of anilines is 1. The number of carbonyl (C=O) groups excluding carboxylic acids is 1. The van der Waals surface area contributed by atoms with E-state index in [1.807, 2.05) is 25.1 Å². The smallest absolute Gasteiger partial charge is 0.251 e. The van der Waals surface area contributed by atoms with Gasteiger partial charge in [-0.25, -0.2) is 0 Å². The summed E-state index contributed by atoms with van der Waals surface area (Å²) in [4.78, 5) is 12.1. The van der Waals surface area contributed by atoms with Gasteiger partial charge < -0.3 is 10.6 Å². The van der Waals surface area contributed by atoms with Crippen LogP contribution in [0.25, 0.3) is 0 Å². The minimum atomic E-state index is -0.805. The molecule has 2 unspecified atom stereocenters. The van der Waals surface area contributed by atoms with Crippen molar-refractivity contribution in [2.45, 2.75) is 25.8 Å². The lowest BCUT2D eigenvalue weighted by Gasteiger charge is -2.13. The summed E-state index contributed by atoms with van der Waals surface area (Å²) in [7, 11) is -0.805. The number of hydrogen-bond donors (Lipinski definition) is 2. The number of nitrogens with one attached hydrogen (secondary N) is 2. The van der Waals surface area contributed by atoms with E-state index < -0.39 is 10.8 Å². The maximum atomic E-state index is 12.1. The van der Waals surface area contributed by atoms with Crippen molar-refractivity contribution in [3.8, 4) is 0 Å². The first-order valence-corrected chi connectivity index (χ1v) is 8.26. The number of hydrogen-bond acceptors (Lipinski definition) is 3. The Morgan fingerprint density at radius 1 is 1.53 bits per heavy atom. The summed E-state index contributed by atoms with van der Waals surface area (Å²) >= 11 is 0. The van der Waals surface area contributed by atoms with Gasteiger partial charge in [0.25, 0.3) is 5.91 Å². The summed E-state index contributed by atoms with van der Waals surface area (Å²) in [5, 5.41) is 6.22. The molecular formula is C14H20N2O2S. The van der Waals surface area contributed by atoms with Crippen LogP contribution in [0.1, 0.15) is 29.3 Å². The average Bonchev–Trinajstić information content (AvgIpc) is 2.83.